The van der Waals surface area contributed by atoms with Crippen LogP contribution in [0.2, 0.25) is 0 Å². The average Bonchev–Trinajstić information content (AvgIpc) is 3.01. The van der Waals surface area contributed by atoms with Crippen molar-refractivity contribution in [3.63, 3.8) is 0 Å². The van der Waals surface area contributed by atoms with Crippen LogP contribution < -0.4 is 0 Å². The fourth-order valence-corrected chi connectivity index (χ4v) is 3.66. The van der Waals surface area contributed by atoms with E-state index in [9.17, 15) is 4.79 Å². The minimum atomic E-state index is -0.458. The first-order valence-electron chi connectivity index (χ1n) is 7.16. The number of thiophene rings is 1. The van der Waals surface area contributed by atoms with Crippen LogP contribution in [0.15, 0.2) is 33.4 Å². The first kappa shape index (κ1) is 15.6. The molecule has 0 aliphatic carbocycles. The maximum atomic E-state index is 12.2. The average molecular weight is 380 g/mol. The minimum Gasteiger partial charge on any atom is -0.444 e. The lowest BCUT2D eigenvalue weighted by Gasteiger charge is -2.24. The van der Waals surface area contributed by atoms with E-state index in [1.165, 1.54) is 22.3 Å². The smallest absolute Gasteiger partial charge is 0.410 e. The molecule has 1 aromatic heterocycles. The van der Waals surface area contributed by atoms with E-state index in [4.69, 9.17) is 4.74 Å². The molecule has 3 nitrogen and oxygen atoms in total. The van der Waals surface area contributed by atoms with E-state index in [0.717, 1.165) is 3.79 Å². The van der Waals surface area contributed by atoms with Crippen LogP contribution in [-0.4, -0.2) is 16.6 Å². The Hall–Kier alpha value is -1.33. The number of fused-ring (bicyclic) bond motifs is 1. The molecule has 1 amide bonds. The summed E-state index contributed by atoms with van der Waals surface area (Å²) in [6, 6.07) is 8.52. The molecule has 0 radical (unpaired) electrons. The van der Waals surface area contributed by atoms with E-state index >= 15 is 0 Å². The van der Waals surface area contributed by atoms with Crippen LogP contribution in [0.3, 0.4) is 0 Å². The predicted octanol–water partition coefficient (Wildman–Crippen LogP) is 5.43. The second kappa shape index (κ2) is 5.70. The second-order valence-electron chi connectivity index (χ2n) is 6.46. The Bertz CT molecular complexity index is 718. The van der Waals surface area contributed by atoms with Gasteiger partial charge in [0.1, 0.15) is 5.60 Å². The van der Waals surface area contributed by atoms with Gasteiger partial charge in [-0.25, -0.2) is 4.79 Å². The van der Waals surface area contributed by atoms with Crippen LogP contribution in [0, 0.1) is 0 Å². The molecule has 0 atom stereocenters. The lowest BCUT2D eigenvalue weighted by Crippen LogP contribution is -2.33. The summed E-state index contributed by atoms with van der Waals surface area (Å²) < 4.78 is 6.58. The van der Waals surface area contributed by atoms with E-state index in [0.29, 0.717) is 13.1 Å². The van der Waals surface area contributed by atoms with Gasteiger partial charge in [0.05, 0.1) is 3.79 Å². The zero-order valence-corrected chi connectivity index (χ0v) is 15.3. The van der Waals surface area contributed by atoms with Gasteiger partial charge in [0, 0.05) is 13.1 Å². The van der Waals surface area contributed by atoms with Crippen molar-refractivity contribution in [3.8, 4) is 11.1 Å². The van der Waals surface area contributed by atoms with Gasteiger partial charge in [-0.1, -0.05) is 12.1 Å². The SMILES string of the molecule is CC(C)(C)OC(=O)N1Cc2ccc(-c3csc(Br)c3)cc2C1. The van der Waals surface area contributed by atoms with Crippen LogP contribution in [0.5, 0.6) is 0 Å². The number of benzene rings is 1. The minimum absolute atomic E-state index is 0.247. The van der Waals surface area contributed by atoms with E-state index in [-0.39, 0.29) is 6.09 Å². The van der Waals surface area contributed by atoms with Crippen molar-refractivity contribution in [2.45, 2.75) is 39.5 Å². The van der Waals surface area contributed by atoms with Crippen molar-refractivity contribution in [2.24, 2.45) is 0 Å². The third kappa shape index (κ3) is 3.36. The van der Waals surface area contributed by atoms with Crippen LogP contribution >= 0.6 is 27.3 Å². The molecule has 1 aliphatic heterocycles. The van der Waals surface area contributed by atoms with Gasteiger partial charge in [-0.2, -0.15) is 0 Å². The fourth-order valence-electron chi connectivity index (χ4n) is 2.49. The zero-order chi connectivity index (χ0) is 15.9. The Labute approximate surface area is 143 Å². The Morgan fingerprint density at radius 2 is 1.91 bits per heavy atom. The van der Waals surface area contributed by atoms with Gasteiger partial charge < -0.3 is 4.74 Å². The normalized spacial score (nSPS) is 14.1. The van der Waals surface area contributed by atoms with Crippen LogP contribution in [0.1, 0.15) is 31.9 Å². The highest BCUT2D eigenvalue weighted by Crippen LogP contribution is 2.33. The molecule has 3 rings (SSSR count). The van der Waals surface area contributed by atoms with Gasteiger partial charge >= 0.3 is 6.09 Å². The number of carbonyl (C=O) groups is 1. The first-order valence-corrected chi connectivity index (χ1v) is 8.83. The van der Waals surface area contributed by atoms with E-state index in [1.807, 2.05) is 20.8 Å². The number of ether oxygens (including phenoxy) is 1. The summed E-state index contributed by atoms with van der Waals surface area (Å²) in [6.07, 6.45) is -0.247. The molecule has 0 bridgehead atoms. The van der Waals surface area contributed by atoms with E-state index in [2.05, 4.69) is 45.6 Å². The summed E-state index contributed by atoms with van der Waals surface area (Å²) in [5.41, 5.74) is 4.33. The first-order chi connectivity index (χ1) is 10.3. The van der Waals surface area contributed by atoms with Crippen molar-refractivity contribution in [1.82, 2.24) is 4.90 Å². The van der Waals surface area contributed by atoms with Crippen LogP contribution in [0.25, 0.3) is 11.1 Å². The van der Waals surface area contributed by atoms with Crippen molar-refractivity contribution >= 4 is 33.4 Å². The van der Waals surface area contributed by atoms with Gasteiger partial charge in [0.25, 0.3) is 0 Å². The van der Waals surface area contributed by atoms with Gasteiger partial charge in [-0.15, -0.1) is 11.3 Å². The molecule has 0 unspecified atom stereocenters. The van der Waals surface area contributed by atoms with E-state index < -0.39 is 5.60 Å². The molecule has 0 spiro atoms. The van der Waals surface area contributed by atoms with Crippen molar-refractivity contribution < 1.29 is 9.53 Å². The molecular formula is C17H18BrNO2S. The summed E-state index contributed by atoms with van der Waals surface area (Å²) in [7, 11) is 0. The molecule has 116 valence electrons. The Morgan fingerprint density at radius 1 is 1.18 bits per heavy atom. The molecule has 1 aromatic carbocycles. The Kier molecular flexibility index (Phi) is 4.03. The highest BCUT2D eigenvalue weighted by Gasteiger charge is 2.27. The number of amides is 1. The number of carbonyl (C=O) groups excluding carboxylic acids is 1. The standard InChI is InChI=1S/C17H18BrNO2S/c1-17(2,3)21-16(20)19-8-12-5-4-11(6-13(12)9-19)14-7-15(18)22-10-14/h4-7,10H,8-9H2,1-3H3. The molecule has 22 heavy (non-hydrogen) atoms. The number of rotatable bonds is 1. The second-order valence-corrected chi connectivity index (χ2v) is 8.75. The zero-order valence-electron chi connectivity index (χ0n) is 12.9. The molecule has 0 fully saturated rings. The predicted molar refractivity (Wildman–Crippen MR) is 92.9 cm³/mol. The highest BCUT2D eigenvalue weighted by atomic mass is 79.9. The van der Waals surface area contributed by atoms with Crippen LogP contribution in [0.4, 0.5) is 4.79 Å². The fraction of sp³-hybridized carbons (Fsp3) is 0.353. The lowest BCUT2D eigenvalue weighted by molar-refractivity contribution is 0.0242. The number of nitrogens with zero attached hydrogens (tertiary/aromatic N) is 1. The molecule has 0 N–H and O–H groups in total. The van der Waals surface area contributed by atoms with Crippen molar-refractivity contribution in [2.75, 3.05) is 0 Å². The monoisotopic (exact) mass is 379 g/mol. The summed E-state index contributed by atoms with van der Waals surface area (Å²) >= 11 is 5.17. The number of halogens is 1. The highest BCUT2D eigenvalue weighted by molar-refractivity contribution is 9.11. The third-order valence-corrected chi connectivity index (χ3v) is 4.99. The van der Waals surface area contributed by atoms with Gasteiger partial charge in [0.2, 0.25) is 0 Å². The Balaban J connectivity index is 1.78. The quantitative estimate of drug-likeness (QED) is 0.660. The van der Waals surface area contributed by atoms with Gasteiger partial charge in [0.15, 0.2) is 0 Å². The largest absolute Gasteiger partial charge is 0.444 e. The lowest BCUT2D eigenvalue weighted by atomic mass is 10.0. The van der Waals surface area contributed by atoms with Crippen molar-refractivity contribution in [3.05, 3.63) is 44.6 Å². The topological polar surface area (TPSA) is 29.5 Å². The molecular weight excluding hydrogens is 362 g/mol. The summed E-state index contributed by atoms with van der Waals surface area (Å²) in [6.45, 7) is 6.91. The van der Waals surface area contributed by atoms with E-state index in [1.54, 1.807) is 16.2 Å². The summed E-state index contributed by atoms with van der Waals surface area (Å²) in [5, 5.41) is 2.13. The maximum Gasteiger partial charge on any atom is 0.410 e. The van der Waals surface area contributed by atoms with Crippen molar-refractivity contribution in [1.29, 1.82) is 0 Å². The maximum absolute atomic E-state index is 12.2. The Morgan fingerprint density at radius 3 is 2.55 bits per heavy atom. The molecule has 0 saturated heterocycles. The van der Waals surface area contributed by atoms with Gasteiger partial charge in [-0.05, 0) is 76.5 Å². The number of hydrogen-bond donors (Lipinski definition) is 0. The van der Waals surface area contributed by atoms with Gasteiger partial charge in [-0.3, -0.25) is 4.90 Å². The number of hydrogen-bond acceptors (Lipinski definition) is 3. The summed E-state index contributed by atoms with van der Waals surface area (Å²) in [4.78, 5) is 13.9. The summed E-state index contributed by atoms with van der Waals surface area (Å²) in [5.74, 6) is 0. The molecule has 2 aromatic rings. The van der Waals surface area contributed by atoms with Crippen LogP contribution in [-0.2, 0) is 17.8 Å². The molecule has 2 heterocycles. The molecule has 0 saturated carbocycles. The third-order valence-electron chi connectivity index (χ3n) is 3.48. The molecule has 1 aliphatic rings. The molecule has 5 heteroatoms.